The summed E-state index contributed by atoms with van der Waals surface area (Å²) >= 11 is 5.96. The Balaban J connectivity index is 3.17. The second kappa shape index (κ2) is 7.07. The van der Waals surface area contributed by atoms with Gasteiger partial charge in [-0.05, 0) is 36.6 Å². The van der Waals surface area contributed by atoms with E-state index in [-0.39, 0.29) is 0 Å². The standard InChI is InChI=1S/C14H17ClO3/c1-3-7-18-13-6-5-11(15)9-12(13)10(4-2)8-14(16)17/h5-6,8-9H,3-4,7H2,1-2H3,(H,16,17)/b10-8+. The molecule has 0 unspecified atom stereocenters. The summed E-state index contributed by atoms with van der Waals surface area (Å²) in [7, 11) is 0. The van der Waals surface area contributed by atoms with Crippen LogP contribution in [-0.4, -0.2) is 17.7 Å². The summed E-state index contributed by atoms with van der Waals surface area (Å²) in [6, 6.07) is 5.26. The van der Waals surface area contributed by atoms with Crippen LogP contribution in [-0.2, 0) is 4.79 Å². The number of ether oxygens (including phenoxy) is 1. The van der Waals surface area contributed by atoms with Crippen LogP contribution in [0.5, 0.6) is 5.75 Å². The highest BCUT2D eigenvalue weighted by Gasteiger charge is 2.10. The Hall–Kier alpha value is -1.48. The number of hydrogen-bond acceptors (Lipinski definition) is 2. The van der Waals surface area contributed by atoms with Crippen LogP contribution in [0, 0.1) is 0 Å². The van der Waals surface area contributed by atoms with Crippen molar-refractivity contribution in [3.05, 3.63) is 34.9 Å². The number of aliphatic carboxylic acids is 1. The van der Waals surface area contributed by atoms with Crippen molar-refractivity contribution in [2.45, 2.75) is 26.7 Å². The van der Waals surface area contributed by atoms with Crippen molar-refractivity contribution in [2.24, 2.45) is 0 Å². The second-order valence-corrected chi connectivity index (χ2v) is 4.29. The lowest BCUT2D eigenvalue weighted by Crippen LogP contribution is -2.00. The molecule has 1 N–H and O–H groups in total. The van der Waals surface area contributed by atoms with Crippen LogP contribution in [0.2, 0.25) is 5.02 Å². The number of halogens is 1. The number of allylic oxidation sites excluding steroid dienone is 1. The summed E-state index contributed by atoms with van der Waals surface area (Å²) in [4.78, 5) is 10.8. The van der Waals surface area contributed by atoms with Crippen LogP contribution in [0.1, 0.15) is 32.3 Å². The van der Waals surface area contributed by atoms with E-state index < -0.39 is 5.97 Å². The average molecular weight is 269 g/mol. The molecule has 0 aromatic heterocycles. The predicted octanol–water partition coefficient (Wildman–Crippen LogP) is 4.01. The first-order chi connectivity index (χ1) is 8.58. The quantitative estimate of drug-likeness (QED) is 0.793. The maximum atomic E-state index is 10.8. The van der Waals surface area contributed by atoms with Gasteiger partial charge in [-0.25, -0.2) is 4.79 Å². The third-order valence-electron chi connectivity index (χ3n) is 2.43. The van der Waals surface area contributed by atoms with Gasteiger partial charge in [0.2, 0.25) is 0 Å². The fraction of sp³-hybridized carbons (Fsp3) is 0.357. The van der Waals surface area contributed by atoms with Gasteiger partial charge in [-0.15, -0.1) is 0 Å². The largest absolute Gasteiger partial charge is 0.493 e. The van der Waals surface area contributed by atoms with Gasteiger partial charge in [0.15, 0.2) is 0 Å². The molecular formula is C14H17ClO3. The summed E-state index contributed by atoms with van der Waals surface area (Å²) < 4.78 is 5.61. The molecule has 0 amide bonds. The highest BCUT2D eigenvalue weighted by atomic mass is 35.5. The van der Waals surface area contributed by atoms with Crippen LogP contribution in [0.15, 0.2) is 24.3 Å². The predicted molar refractivity (Wildman–Crippen MR) is 73.1 cm³/mol. The topological polar surface area (TPSA) is 46.5 Å². The molecule has 0 saturated carbocycles. The molecule has 0 aliphatic rings. The molecule has 0 radical (unpaired) electrons. The first-order valence-corrected chi connectivity index (χ1v) is 6.32. The summed E-state index contributed by atoms with van der Waals surface area (Å²) in [6.07, 6.45) is 2.70. The smallest absolute Gasteiger partial charge is 0.328 e. The summed E-state index contributed by atoms with van der Waals surface area (Å²) in [5, 5.41) is 9.43. The van der Waals surface area contributed by atoms with Crippen molar-refractivity contribution in [3.63, 3.8) is 0 Å². The Morgan fingerprint density at radius 3 is 2.72 bits per heavy atom. The maximum absolute atomic E-state index is 10.8. The Morgan fingerprint density at radius 2 is 2.17 bits per heavy atom. The monoisotopic (exact) mass is 268 g/mol. The highest BCUT2D eigenvalue weighted by Crippen LogP contribution is 2.31. The van der Waals surface area contributed by atoms with Gasteiger partial charge in [-0.3, -0.25) is 0 Å². The van der Waals surface area contributed by atoms with Gasteiger partial charge in [0, 0.05) is 16.7 Å². The number of rotatable bonds is 6. The molecule has 0 aliphatic carbocycles. The lowest BCUT2D eigenvalue weighted by atomic mass is 10.0. The Bertz CT molecular complexity index is 452. The summed E-state index contributed by atoms with van der Waals surface area (Å²) in [5.41, 5.74) is 1.46. The van der Waals surface area contributed by atoms with Crippen molar-refractivity contribution in [1.82, 2.24) is 0 Å². The second-order valence-electron chi connectivity index (χ2n) is 3.85. The van der Waals surface area contributed by atoms with Crippen molar-refractivity contribution < 1.29 is 14.6 Å². The van der Waals surface area contributed by atoms with E-state index in [0.717, 1.165) is 12.0 Å². The molecule has 0 fully saturated rings. The molecule has 4 heteroatoms. The minimum absolute atomic E-state index is 0.568. The van der Waals surface area contributed by atoms with Crippen LogP contribution in [0.3, 0.4) is 0 Å². The molecule has 3 nitrogen and oxygen atoms in total. The van der Waals surface area contributed by atoms with Crippen LogP contribution >= 0.6 is 11.6 Å². The lowest BCUT2D eigenvalue weighted by molar-refractivity contribution is -0.131. The van der Waals surface area contributed by atoms with E-state index in [2.05, 4.69) is 0 Å². The van der Waals surface area contributed by atoms with E-state index in [1.54, 1.807) is 18.2 Å². The van der Waals surface area contributed by atoms with E-state index in [9.17, 15) is 4.79 Å². The third-order valence-corrected chi connectivity index (χ3v) is 2.66. The number of carbonyl (C=O) groups is 1. The molecule has 98 valence electrons. The first-order valence-electron chi connectivity index (χ1n) is 5.94. The Kier molecular flexibility index (Phi) is 5.72. The summed E-state index contributed by atoms with van der Waals surface area (Å²) in [5.74, 6) is -0.288. The van der Waals surface area contributed by atoms with Crippen molar-refractivity contribution >= 4 is 23.1 Å². The zero-order chi connectivity index (χ0) is 13.5. The van der Waals surface area contributed by atoms with E-state index in [1.165, 1.54) is 6.08 Å². The zero-order valence-electron chi connectivity index (χ0n) is 10.6. The number of carboxylic acids is 1. The SMILES string of the molecule is CCCOc1ccc(Cl)cc1/C(=C/C(=O)O)CC. The molecular weight excluding hydrogens is 252 g/mol. The van der Waals surface area contributed by atoms with Crippen LogP contribution in [0.4, 0.5) is 0 Å². The third kappa shape index (κ3) is 4.08. The van der Waals surface area contributed by atoms with Crippen molar-refractivity contribution in [1.29, 1.82) is 0 Å². The molecule has 0 heterocycles. The van der Waals surface area contributed by atoms with E-state index in [4.69, 9.17) is 21.4 Å². The molecule has 0 atom stereocenters. The fourth-order valence-electron chi connectivity index (χ4n) is 1.61. The minimum atomic E-state index is -0.965. The minimum Gasteiger partial charge on any atom is -0.493 e. The zero-order valence-corrected chi connectivity index (χ0v) is 11.3. The lowest BCUT2D eigenvalue weighted by Gasteiger charge is -2.13. The number of hydrogen-bond donors (Lipinski definition) is 1. The van der Waals surface area contributed by atoms with Gasteiger partial charge in [-0.1, -0.05) is 25.4 Å². The number of carboxylic acid groups (broad SMARTS) is 1. The van der Waals surface area contributed by atoms with Gasteiger partial charge >= 0.3 is 5.97 Å². The normalized spacial score (nSPS) is 11.4. The van der Waals surface area contributed by atoms with Crippen LogP contribution < -0.4 is 4.74 Å². The van der Waals surface area contributed by atoms with Gasteiger partial charge < -0.3 is 9.84 Å². The van der Waals surface area contributed by atoms with E-state index >= 15 is 0 Å². The van der Waals surface area contributed by atoms with Crippen molar-refractivity contribution in [3.8, 4) is 5.75 Å². The molecule has 1 aromatic rings. The summed E-state index contributed by atoms with van der Waals surface area (Å²) in [6.45, 7) is 4.52. The number of benzene rings is 1. The van der Waals surface area contributed by atoms with Gasteiger partial charge in [0.25, 0.3) is 0 Å². The molecule has 1 rings (SSSR count). The van der Waals surface area contributed by atoms with Gasteiger partial charge in [0.1, 0.15) is 5.75 Å². The molecule has 1 aromatic carbocycles. The fourth-order valence-corrected chi connectivity index (χ4v) is 1.78. The van der Waals surface area contributed by atoms with Crippen molar-refractivity contribution in [2.75, 3.05) is 6.61 Å². The Morgan fingerprint density at radius 1 is 1.44 bits per heavy atom. The maximum Gasteiger partial charge on any atom is 0.328 e. The van der Waals surface area contributed by atoms with E-state index in [1.807, 2.05) is 13.8 Å². The molecule has 0 spiro atoms. The highest BCUT2D eigenvalue weighted by molar-refractivity contribution is 6.30. The first kappa shape index (κ1) is 14.6. The molecule has 18 heavy (non-hydrogen) atoms. The molecule has 0 bridgehead atoms. The Labute approximate surface area is 112 Å². The molecule has 0 aliphatic heterocycles. The molecule has 0 saturated heterocycles. The van der Waals surface area contributed by atoms with Gasteiger partial charge in [0.05, 0.1) is 6.61 Å². The average Bonchev–Trinajstić information content (AvgIpc) is 2.34. The van der Waals surface area contributed by atoms with Crippen LogP contribution in [0.25, 0.3) is 5.57 Å². The van der Waals surface area contributed by atoms with Gasteiger partial charge in [-0.2, -0.15) is 0 Å². The van der Waals surface area contributed by atoms with E-state index in [0.29, 0.717) is 29.4 Å².